The number of nitrogens with one attached hydrogen (secondary N) is 2. The average Bonchev–Trinajstić information content (AvgIpc) is 2.53. The van der Waals surface area contributed by atoms with Gasteiger partial charge in [0.1, 0.15) is 5.82 Å². The Morgan fingerprint density at radius 1 is 1.50 bits per heavy atom. The van der Waals surface area contributed by atoms with Gasteiger partial charge in [-0.05, 0) is 44.5 Å². The van der Waals surface area contributed by atoms with Crippen molar-refractivity contribution in [1.29, 1.82) is 0 Å². The van der Waals surface area contributed by atoms with Gasteiger partial charge in [-0.1, -0.05) is 0 Å². The van der Waals surface area contributed by atoms with E-state index in [2.05, 4.69) is 33.5 Å². The molecule has 0 spiro atoms. The van der Waals surface area contributed by atoms with Crippen LogP contribution in [0.5, 0.6) is 0 Å². The lowest BCUT2D eigenvalue weighted by Gasteiger charge is -2.33. The fourth-order valence-electron chi connectivity index (χ4n) is 2.65. The standard InChI is InChI=1S/C15H24N4O/c1-11(16-2)12-6-7-18-14(9-12)19-8-4-5-13(10-19)15(20)17-3/h6-7,9,11,13,16H,4-5,8,10H2,1-3H3,(H,17,20). The molecule has 1 saturated heterocycles. The van der Waals surface area contributed by atoms with E-state index in [9.17, 15) is 4.79 Å². The van der Waals surface area contributed by atoms with Gasteiger partial charge < -0.3 is 15.5 Å². The van der Waals surface area contributed by atoms with Crippen LogP contribution in [0.2, 0.25) is 0 Å². The highest BCUT2D eigenvalue weighted by atomic mass is 16.1. The highest BCUT2D eigenvalue weighted by Crippen LogP contribution is 2.24. The fourth-order valence-corrected chi connectivity index (χ4v) is 2.65. The Labute approximate surface area is 120 Å². The molecule has 1 aromatic rings. The molecule has 1 fully saturated rings. The van der Waals surface area contributed by atoms with Gasteiger partial charge in [-0.25, -0.2) is 4.98 Å². The normalized spacial score (nSPS) is 20.6. The Morgan fingerprint density at radius 3 is 3.00 bits per heavy atom. The first-order chi connectivity index (χ1) is 9.65. The summed E-state index contributed by atoms with van der Waals surface area (Å²) in [6.45, 7) is 3.85. The maximum absolute atomic E-state index is 11.8. The third-order valence-electron chi connectivity index (χ3n) is 4.07. The number of hydrogen-bond acceptors (Lipinski definition) is 4. The van der Waals surface area contributed by atoms with Crippen LogP contribution >= 0.6 is 0 Å². The highest BCUT2D eigenvalue weighted by molar-refractivity contribution is 5.79. The molecule has 5 heteroatoms. The highest BCUT2D eigenvalue weighted by Gasteiger charge is 2.25. The molecule has 1 amide bonds. The largest absolute Gasteiger partial charge is 0.359 e. The fraction of sp³-hybridized carbons (Fsp3) is 0.600. The second-order valence-electron chi connectivity index (χ2n) is 5.36. The molecule has 0 radical (unpaired) electrons. The van der Waals surface area contributed by atoms with Crippen LogP contribution in [0.25, 0.3) is 0 Å². The number of aromatic nitrogens is 1. The maximum Gasteiger partial charge on any atom is 0.224 e. The van der Waals surface area contributed by atoms with Crippen LogP contribution in [0.15, 0.2) is 18.3 Å². The summed E-state index contributed by atoms with van der Waals surface area (Å²) in [5.41, 5.74) is 1.22. The number of nitrogens with zero attached hydrogens (tertiary/aromatic N) is 2. The first-order valence-corrected chi connectivity index (χ1v) is 7.25. The lowest BCUT2D eigenvalue weighted by Crippen LogP contribution is -2.42. The minimum Gasteiger partial charge on any atom is -0.359 e. The number of amides is 1. The summed E-state index contributed by atoms with van der Waals surface area (Å²) < 4.78 is 0. The van der Waals surface area contributed by atoms with E-state index in [1.54, 1.807) is 7.05 Å². The van der Waals surface area contributed by atoms with E-state index in [1.807, 2.05) is 19.3 Å². The third-order valence-corrected chi connectivity index (χ3v) is 4.07. The van der Waals surface area contributed by atoms with Crippen molar-refractivity contribution in [3.8, 4) is 0 Å². The van der Waals surface area contributed by atoms with Crippen LogP contribution in [0.3, 0.4) is 0 Å². The molecule has 110 valence electrons. The van der Waals surface area contributed by atoms with Crippen LogP contribution in [0.1, 0.15) is 31.4 Å². The summed E-state index contributed by atoms with van der Waals surface area (Å²) in [6.07, 6.45) is 3.84. The number of piperidine rings is 1. The summed E-state index contributed by atoms with van der Waals surface area (Å²) in [6, 6.07) is 4.45. The lowest BCUT2D eigenvalue weighted by molar-refractivity contribution is -0.124. The second kappa shape index (κ2) is 6.70. The Morgan fingerprint density at radius 2 is 2.30 bits per heavy atom. The average molecular weight is 276 g/mol. The quantitative estimate of drug-likeness (QED) is 0.871. The first-order valence-electron chi connectivity index (χ1n) is 7.25. The Hall–Kier alpha value is -1.62. The molecule has 20 heavy (non-hydrogen) atoms. The predicted octanol–water partition coefficient (Wildman–Crippen LogP) is 1.32. The molecular weight excluding hydrogens is 252 g/mol. The zero-order valence-corrected chi connectivity index (χ0v) is 12.5. The molecule has 2 rings (SSSR count). The van der Waals surface area contributed by atoms with Crippen molar-refractivity contribution < 1.29 is 4.79 Å². The summed E-state index contributed by atoms with van der Waals surface area (Å²) in [5, 5.41) is 5.99. The molecule has 5 nitrogen and oxygen atoms in total. The first kappa shape index (κ1) is 14.8. The van der Waals surface area contributed by atoms with Crippen molar-refractivity contribution in [1.82, 2.24) is 15.6 Å². The minimum absolute atomic E-state index is 0.0703. The number of anilines is 1. The molecule has 0 aliphatic carbocycles. The number of carbonyl (C=O) groups excluding carboxylic acids is 1. The number of rotatable bonds is 4. The Balaban J connectivity index is 2.12. The zero-order chi connectivity index (χ0) is 14.5. The van der Waals surface area contributed by atoms with E-state index >= 15 is 0 Å². The van der Waals surface area contributed by atoms with E-state index in [-0.39, 0.29) is 11.8 Å². The molecule has 1 aliphatic rings. The van der Waals surface area contributed by atoms with Gasteiger partial charge in [-0.2, -0.15) is 0 Å². The molecule has 2 heterocycles. The monoisotopic (exact) mass is 276 g/mol. The number of pyridine rings is 1. The third kappa shape index (κ3) is 3.28. The molecular formula is C15H24N4O. The van der Waals surface area contributed by atoms with Gasteiger partial charge in [0.15, 0.2) is 0 Å². The van der Waals surface area contributed by atoms with Crippen molar-refractivity contribution in [2.75, 3.05) is 32.1 Å². The van der Waals surface area contributed by atoms with Crippen molar-refractivity contribution in [2.45, 2.75) is 25.8 Å². The van der Waals surface area contributed by atoms with Crippen LogP contribution in [0.4, 0.5) is 5.82 Å². The summed E-state index contributed by atoms with van der Waals surface area (Å²) >= 11 is 0. The SMILES string of the molecule is CNC(=O)C1CCCN(c2cc(C(C)NC)ccn2)C1. The van der Waals surface area contributed by atoms with Crippen LogP contribution in [-0.4, -0.2) is 38.1 Å². The van der Waals surface area contributed by atoms with Gasteiger partial charge in [-0.15, -0.1) is 0 Å². The summed E-state index contributed by atoms with van der Waals surface area (Å²) in [7, 11) is 3.65. The summed E-state index contributed by atoms with van der Waals surface area (Å²) in [4.78, 5) is 18.5. The van der Waals surface area contributed by atoms with Gasteiger partial charge in [-0.3, -0.25) is 4.79 Å². The van der Waals surface area contributed by atoms with Crippen molar-refractivity contribution in [3.05, 3.63) is 23.9 Å². The molecule has 2 atom stereocenters. The number of carbonyl (C=O) groups is 1. The van der Waals surface area contributed by atoms with Gasteiger partial charge in [0.05, 0.1) is 5.92 Å². The van der Waals surface area contributed by atoms with Crippen LogP contribution in [-0.2, 0) is 4.79 Å². The molecule has 0 bridgehead atoms. The van der Waals surface area contributed by atoms with Gasteiger partial charge in [0, 0.05) is 32.4 Å². The molecule has 0 aromatic carbocycles. The smallest absolute Gasteiger partial charge is 0.224 e. The Bertz CT molecular complexity index is 463. The molecule has 2 N–H and O–H groups in total. The Kier molecular flexibility index (Phi) is 4.95. The second-order valence-corrected chi connectivity index (χ2v) is 5.36. The molecule has 1 aliphatic heterocycles. The molecule has 1 aromatic heterocycles. The van der Waals surface area contributed by atoms with Crippen LogP contribution < -0.4 is 15.5 Å². The predicted molar refractivity (Wildman–Crippen MR) is 80.7 cm³/mol. The van der Waals surface area contributed by atoms with E-state index in [4.69, 9.17) is 0 Å². The van der Waals surface area contributed by atoms with E-state index in [1.165, 1.54) is 5.56 Å². The van der Waals surface area contributed by atoms with E-state index < -0.39 is 0 Å². The van der Waals surface area contributed by atoms with Crippen LogP contribution in [0, 0.1) is 5.92 Å². The number of hydrogen-bond donors (Lipinski definition) is 2. The van der Waals surface area contributed by atoms with Crippen molar-refractivity contribution in [2.24, 2.45) is 5.92 Å². The van der Waals surface area contributed by atoms with Gasteiger partial charge >= 0.3 is 0 Å². The van der Waals surface area contributed by atoms with Crippen molar-refractivity contribution in [3.63, 3.8) is 0 Å². The zero-order valence-electron chi connectivity index (χ0n) is 12.5. The van der Waals surface area contributed by atoms with E-state index in [0.717, 1.165) is 31.7 Å². The van der Waals surface area contributed by atoms with E-state index in [0.29, 0.717) is 6.04 Å². The van der Waals surface area contributed by atoms with Gasteiger partial charge in [0.25, 0.3) is 0 Å². The summed E-state index contributed by atoms with van der Waals surface area (Å²) in [5.74, 6) is 1.17. The van der Waals surface area contributed by atoms with Crippen molar-refractivity contribution >= 4 is 11.7 Å². The maximum atomic E-state index is 11.8. The minimum atomic E-state index is 0.0703. The molecule has 0 saturated carbocycles. The lowest BCUT2D eigenvalue weighted by atomic mass is 9.97. The topological polar surface area (TPSA) is 57.3 Å². The molecule has 2 unspecified atom stereocenters. The van der Waals surface area contributed by atoms with Gasteiger partial charge in [0.2, 0.25) is 5.91 Å².